The molecule has 0 bridgehead atoms. The van der Waals surface area contributed by atoms with Gasteiger partial charge >= 0.3 is 0 Å². The molecule has 3 aliphatic rings. The van der Waals surface area contributed by atoms with Crippen LogP contribution in [-0.4, -0.2) is 384 Å². The van der Waals surface area contributed by atoms with Gasteiger partial charge in [-0.2, -0.15) is 0 Å². The first kappa shape index (κ1) is 94.6. The highest BCUT2D eigenvalue weighted by molar-refractivity contribution is 5.94. The van der Waals surface area contributed by atoms with E-state index in [0.717, 1.165) is 17.7 Å². The number of nitrogens with one attached hydrogen (secondary N) is 10. The first-order valence-corrected chi connectivity index (χ1v) is 35.3. The number of hydrogen-bond acceptors (Lipinski definition) is 35. The molecule has 0 aromatic heterocycles. The fourth-order valence-electron chi connectivity index (χ4n) is 11.1. The summed E-state index contributed by atoms with van der Waals surface area (Å²) in [6.07, 6.45) is -29.3. The summed E-state index contributed by atoms with van der Waals surface area (Å²) in [5, 5.41) is 190. The van der Waals surface area contributed by atoms with Crippen LogP contribution in [0.2, 0.25) is 0 Å². The minimum absolute atomic E-state index is 0.0178. The van der Waals surface area contributed by atoms with E-state index in [-0.39, 0.29) is 77.1 Å². The zero-order valence-corrected chi connectivity index (χ0v) is 60.6. The predicted molar refractivity (Wildman–Crippen MR) is 361 cm³/mol. The van der Waals surface area contributed by atoms with Crippen molar-refractivity contribution in [1.29, 1.82) is 0 Å². The number of hydrogen-bond donors (Lipinski definition) is 26. The number of aliphatic hydroxyl groups excluding tert-OH is 14. The largest absolute Gasteiger partial charge is 0.394 e. The van der Waals surface area contributed by atoms with Crippen molar-refractivity contribution in [3.05, 3.63) is 0 Å². The molecule has 8 amide bonds. The fraction of sp³-hybridized carbons (Fsp3) is 0.857. The third-order valence-electron chi connectivity index (χ3n) is 17.7. The lowest BCUT2D eigenvalue weighted by atomic mass is 9.92. The van der Waals surface area contributed by atoms with Crippen molar-refractivity contribution in [1.82, 2.24) is 63.0 Å². The molecular formula is C63H116N12O31. The van der Waals surface area contributed by atoms with Crippen LogP contribution in [0.5, 0.6) is 0 Å². The predicted octanol–water partition coefficient (Wildman–Crippen LogP) is -13.3. The Labute approximate surface area is 612 Å². The van der Waals surface area contributed by atoms with Crippen LogP contribution < -0.4 is 53.2 Å². The van der Waals surface area contributed by atoms with Crippen molar-refractivity contribution in [2.45, 2.75) is 234 Å². The van der Waals surface area contributed by atoms with Gasteiger partial charge in [0.15, 0.2) is 37.2 Å². The van der Waals surface area contributed by atoms with E-state index < -0.39 is 260 Å². The summed E-state index contributed by atoms with van der Waals surface area (Å²) in [5.74, 6) is -5.97. The van der Waals surface area contributed by atoms with Crippen LogP contribution in [0.3, 0.4) is 0 Å². The normalized spacial score (nSPS) is 26.0. The van der Waals surface area contributed by atoms with Gasteiger partial charge in [-0.3, -0.25) is 64.4 Å². The zero-order chi connectivity index (χ0) is 79.5. The highest BCUT2D eigenvalue weighted by Gasteiger charge is 2.52. The molecule has 26 N–H and O–H groups in total. The molecular weight excluding hydrogens is 1420 g/mol. The number of nitrogens with zero attached hydrogens (tertiary/aromatic N) is 2. The molecule has 3 saturated heterocycles. The van der Waals surface area contributed by atoms with Crippen LogP contribution in [-0.2, 0) is 71.6 Å². The summed E-state index contributed by atoms with van der Waals surface area (Å²) < 4.78 is 35.0. The van der Waals surface area contributed by atoms with Crippen LogP contribution >= 0.6 is 0 Å². The average molecular weight is 1540 g/mol. The molecule has 0 spiro atoms. The standard InChI is InChI=1S/C63H116N12O31/c1-7-34(8-2)18-65-42(85)20-67-45(88)22-71-63(6,9-3)39(82)25-74(27-49(92)93)47(90)23-69-44(87)21-68-46(89)26-75(28-50(94)95)48(91)24-70-43(86)19-66-41(84)14-11-10-13-40(83)64-15-12-16-101-61-53(73-33(5)79)56(98)59(37(30-77)103-61)106-62-58(100)57(99)55(97)38(104-62)31-102-51-17-35(80)52(72-32(4)78)60(105-51)54(96)36(81)29-76/h32-38,44,49-62,69,71-73,76-81,87,92-100H,7-31H2,1-6H3,(H,64,83)(H,65,85)(H,66,84)(H,67,88)(H,68,89)(H,70,86)/t32-,33+,35+,36?,37?,38?,44?,51-,52+,53?,54?,55-,56?,57?,58?,59+,60?,61+,62-,63+/m0/s1. The van der Waals surface area contributed by atoms with E-state index in [9.17, 15) is 125 Å². The number of carbonyl (C=O) groups is 9. The van der Waals surface area contributed by atoms with Crippen molar-refractivity contribution in [2.75, 3.05) is 105 Å². The Bertz CT molecular complexity index is 2660. The highest BCUT2D eigenvalue weighted by Crippen LogP contribution is 2.32. The Hall–Kier alpha value is -5.61. The molecule has 0 aromatic carbocycles. The van der Waals surface area contributed by atoms with Gasteiger partial charge in [-0.1, -0.05) is 33.6 Å². The fourth-order valence-corrected chi connectivity index (χ4v) is 11.1. The molecule has 0 saturated carbocycles. The second-order valence-electron chi connectivity index (χ2n) is 26.2. The number of Topliss-reactive ketones (excluding diaryl/α,β-unsaturated/α-hetero) is 1. The van der Waals surface area contributed by atoms with E-state index in [2.05, 4.69) is 53.2 Å². The van der Waals surface area contributed by atoms with Crippen LogP contribution in [0.25, 0.3) is 0 Å². The maximum Gasteiger partial charge on any atom is 0.242 e. The second kappa shape index (κ2) is 48.8. The van der Waals surface area contributed by atoms with Crippen LogP contribution in [0, 0.1) is 5.92 Å². The Morgan fingerprint density at radius 1 is 0.566 bits per heavy atom. The molecule has 3 heterocycles. The Kier molecular flexibility index (Phi) is 43.6. The Morgan fingerprint density at radius 2 is 1.11 bits per heavy atom. The number of unbranched alkanes of at least 4 members (excludes halogenated alkanes) is 1. The number of amides is 8. The molecule has 3 rings (SSSR count). The van der Waals surface area contributed by atoms with Gasteiger partial charge in [-0.15, -0.1) is 0 Å². The molecule has 0 radical (unpaired) electrons. The van der Waals surface area contributed by atoms with Crippen molar-refractivity contribution in [3.8, 4) is 0 Å². The van der Waals surface area contributed by atoms with Crippen molar-refractivity contribution in [3.63, 3.8) is 0 Å². The van der Waals surface area contributed by atoms with Crippen LogP contribution in [0.1, 0.15) is 99.3 Å². The van der Waals surface area contributed by atoms with E-state index in [1.165, 1.54) is 20.8 Å². The quantitative estimate of drug-likeness (QED) is 0.0199. The topological polar surface area (TPSA) is 659 Å². The lowest BCUT2D eigenvalue weighted by molar-refractivity contribution is -0.354. The van der Waals surface area contributed by atoms with Crippen LogP contribution in [0.4, 0.5) is 0 Å². The summed E-state index contributed by atoms with van der Waals surface area (Å²) >= 11 is 0. The monoisotopic (exact) mass is 1540 g/mol. The van der Waals surface area contributed by atoms with Crippen LogP contribution in [0.15, 0.2) is 0 Å². The van der Waals surface area contributed by atoms with Crippen molar-refractivity contribution < 1.29 is 153 Å². The molecule has 0 aromatic rings. The molecule has 43 heteroatoms. The van der Waals surface area contributed by atoms with E-state index in [0.29, 0.717) is 11.4 Å². The molecule has 0 aliphatic carbocycles. The summed E-state index contributed by atoms with van der Waals surface area (Å²) in [4.78, 5) is 116. The Morgan fingerprint density at radius 3 is 1.70 bits per heavy atom. The lowest BCUT2D eigenvalue weighted by Gasteiger charge is -2.48. The van der Waals surface area contributed by atoms with E-state index >= 15 is 0 Å². The maximum atomic E-state index is 13.5. The molecule has 3 fully saturated rings. The second-order valence-corrected chi connectivity index (χ2v) is 26.2. The number of ether oxygens (including phenoxy) is 6. The van der Waals surface area contributed by atoms with Gasteiger partial charge in [-0.05, 0) is 52.4 Å². The Balaban J connectivity index is 1.38. The molecule has 614 valence electrons. The van der Waals surface area contributed by atoms with E-state index in [4.69, 9.17) is 28.4 Å². The smallest absolute Gasteiger partial charge is 0.242 e. The lowest BCUT2D eigenvalue weighted by Crippen LogP contribution is -2.68. The summed E-state index contributed by atoms with van der Waals surface area (Å²) in [6.45, 7) is 1.43. The number of rotatable bonds is 51. The van der Waals surface area contributed by atoms with E-state index in [1.54, 1.807) is 6.92 Å². The molecule has 106 heavy (non-hydrogen) atoms. The minimum Gasteiger partial charge on any atom is -0.394 e. The van der Waals surface area contributed by atoms with Gasteiger partial charge in [0.05, 0.1) is 116 Å². The molecule has 3 aliphatic heterocycles. The van der Waals surface area contributed by atoms with Gasteiger partial charge in [-0.25, -0.2) is 0 Å². The molecule has 20 atom stereocenters. The van der Waals surface area contributed by atoms with E-state index in [1.807, 2.05) is 13.8 Å². The number of carbonyl (C=O) groups excluding carboxylic acids is 9. The minimum atomic E-state index is -2.14. The van der Waals surface area contributed by atoms with Gasteiger partial charge in [0, 0.05) is 32.4 Å². The third kappa shape index (κ3) is 33.3. The first-order valence-electron chi connectivity index (χ1n) is 35.3. The first-order chi connectivity index (χ1) is 50.0. The summed E-state index contributed by atoms with van der Waals surface area (Å²) in [7, 11) is 0. The number of aliphatic hydroxyl groups is 16. The maximum absolute atomic E-state index is 13.5. The third-order valence-corrected chi connectivity index (χ3v) is 17.7. The molecule has 10 unspecified atom stereocenters. The average Bonchev–Trinajstić information content (AvgIpc) is 0.787. The zero-order valence-electron chi connectivity index (χ0n) is 60.6. The van der Waals surface area contributed by atoms with Gasteiger partial charge in [0.25, 0.3) is 0 Å². The summed E-state index contributed by atoms with van der Waals surface area (Å²) in [5.41, 5.74) is -1.40. The highest BCUT2D eigenvalue weighted by atomic mass is 16.7. The van der Waals surface area contributed by atoms with Gasteiger partial charge in [0.1, 0.15) is 79.7 Å². The summed E-state index contributed by atoms with van der Waals surface area (Å²) in [6, 6.07) is -2.46. The van der Waals surface area contributed by atoms with Gasteiger partial charge < -0.3 is 152 Å². The molecule has 43 nitrogen and oxygen atoms in total. The van der Waals surface area contributed by atoms with Crippen molar-refractivity contribution >= 4 is 53.0 Å². The van der Waals surface area contributed by atoms with Crippen molar-refractivity contribution in [2.24, 2.45) is 5.92 Å². The van der Waals surface area contributed by atoms with Gasteiger partial charge in [0.2, 0.25) is 47.3 Å². The number of ketones is 1. The SMILES string of the molecule is CCC(CC)CNC(=O)CNC(=O)CN[C@](C)(CC)C(=O)CN(CC(O)O)C(=O)CNC(O)CNC(=O)CN(CC(O)O)C(=O)CNC(=O)CNC(=O)CCCCC(=O)NCCCO[C@@H]1OC(CO)[C@@H](O[C@@H]2OC(CO[C@@H]3C[C@@H](O)[C@@H](N[C@H](C)O)C(C(O)C(O)CO)O3)[C@H](O)C(O)C2O)C(O)C1N[C@@H](C)O.